The Hall–Kier alpha value is -10.3. The predicted molar refractivity (Wildman–Crippen MR) is 317 cm³/mol. The second-order valence-electron chi connectivity index (χ2n) is 19.3. The van der Waals surface area contributed by atoms with Gasteiger partial charge in [0.05, 0.1) is 51.4 Å². The molecule has 11 aromatic carbocycles. The van der Waals surface area contributed by atoms with Crippen LogP contribution in [0.3, 0.4) is 0 Å². The molecule has 354 valence electrons. The fourth-order valence-electron chi connectivity index (χ4n) is 11.6. The van der Waals surface area contributed by atoms with Gasteiger partial charge in [-0.05, 0) is 104 Å². The monoisotopic (exact) mass is 966 g/mol. The number of fused-ring (bicyclic) bond motifs is 6. The van der Waals surface area contributed by atoms with Crippen molar-refractivity contribution in [1.82, 2.24) is 14.1 Å². The second kappa shape index (κ2) is 18.6. The van der Waals surface area contributed by atoms with E-state index in [1.807, 2.05) is 12.1 Å². The van der Waals surface area contributed by atoms with Gasteiger partial charge in [-0.15, -0.1) is 0 Å². The van der Waals surface area contributed by atoms with Crippen molar-refractivity contribution in [1.29, 1.82) is 0 Å². The van der Waals surface area contributed by atoms with Crippen molar-refractivity contribution in [3.8, 4) is 89.5 Å². The summed E-state index contributed by atoms with van der Waals surface area (Å²) in [5, 5.41) is 4.58. The summed E-state index contributed by atoms with van der Waals surface area (Å²) < 4.78 is 4.85. The van der Waals surface area contributed by atoms with E-state index in [0.717, 1.165) is 116 Å². The zero-order chi connectivity index (χ0) is 50.5. The Labute approximate surface area is 441 Å². The zero-order valence-corrected chi connectivity index (χ0v) is 41.3. The van der Waals surface area contributed by atoms with Crippen molar-refractivity contribution in [3.05, 3.63) is 290 Å². The lowest BCUT2D eigenvalue weighted by molar-refractivity contribution is 1.10. The third-order valence-electron chi connectivity index (χ3n) is 15.0. The van der Waals surface area contributed by atoms with Crippen molar-refractivity contribution in [2.24, 2.45) is 0 Å². The smallest absolute Gasteiger partial charge is 0.197 e. The molecule has 0 radical (unpaired) electrons. The van der Waals surface area contributed by atoms with E-state index < -0.39 is 0 Å². The molecular formula is C72H46N4. The van der Waals surface area contributed by atoms with Gasteiger partial charge in [-0.25, -0.2) is 9.83 Å². The average Bonchev–Trinajstić information content (AvgIpc) is 4.06. The van der Waals surface area contributed by atoms with Crippen LogP contribution in [-0.2, 0) is 0 Å². The lowest BCUT2D eigenvalue weighted by Crippen LogP contribution is -2.04. The van der Waals surface area contributed by atoms with E-state index in [0.29, 0.717) is 5.69 Å². The van der Waals surface area contributed by atoms with Gasteiger partial charge >= 0.3 is 0 Å². The number of rotatable bonds is 9. The fraction of sp³-hybridized carbons (Fsp3) is 0. The summed E-state index contributed by atoms with van der Waals surface area (Å²) in [6.07, 6.45) is 0. The number of para-hydroxylation sites is 2. The Morgan fingerprint density at radius 3 is 1.08 bits per heavy atom. The van der Waals surface area contributed by atoms with Crippen molar-refractivity contribution in [3.63, 3.8) is 0 Å². The zero-order valence-electron chi connectivity index (χ0n) is 41.3. The summed E-state index contributed by atoms with van der Waals surface area (Å²) in [4.78, 5) is 9.71. The first-order chi connectivity index (χ1) is 37.7. The lowest BCUT2D eigenvalue weighted by atomic mass is 9.92. The van der Waals surface area contributed by atoms with Crippen LogP contribution in [0.4, 0.5) is 5.69 Å². The maximum atomic E-state index is 9.08. The topological polar surface area (TPSA) is 27.1 Å². The van der Waals surface area contributed by atoms with Gasteiger partial charge < -0.3 is 9.13 Å². The highest BCUT2D eigenvalue weighted by Crippen LogP contribution is 2.48. The molecule has 0 atom stereocenters. The summed E-state index contributed by atoms with van der Waals surface area (Å²) >= 11 is 0. The van der Waals surface area contributed by atoms with E-state index in [2.05, 4.69) is 281 Å². The van der Waals surface area contributed by atoms with Crippen LogP contribution in [0.25, 0.3) is 138 Å². The summed E-state index contributed by atoms with van der Waals surface area (Å²) in [7, 11) is 0. The molecular weight excluding hydrogens is 921 g/mol. The highest BCUT2D eigenvalue weighted by molar-refractivity contribution is 6.19. The molecule has 0 amide bonds. The van der Waals surface area contributed by atoms with Crippen LogP contribution in [0.15, 0.2) is 279 Å². The Balaban J connectivity index is 1.11. The molecule has 0 aliphatic rings. The molecule has 0 aliphatic carbocycles. The first kappa shape index (κ1) is 44.4. The van der Waals surface area contributed by atoms with Gasteiger partial charge in [0.15, 0.2) is 5.69 Å². The maximum Gasteiger partial charge on any atom is 0.197 e. The molecule has 0 saturated carbocycles. The van der Waals surface area contributed by atoms with E-state index in [9.17, 15) is 0 Å². The van der Waals surface area contributed by atoms with Crippen molar-refractivity contribution in [2.75, 3.05) is 0 Å². The molecule has 0 saturated heterocycles. The molecule has 3 aromatic heterocycles. The SMILES string of the molecule is [C-]#[N+]c1cc(-n2c3ccccc3c3c(-c4ccccc4-c4ccccc4)cccc32)c(-n2c3ccccc3c3c(-c4ccccc4-c4ccccc4)cccc32)cc1-c1cc(-c2ccccc2)nc(-c2ccccc2)c1. The second-order valence-corrected chi connectivity index (χ2v) is 19.3. The van der Waals surface area contributed by atoms with E-state index in [4.69, 9.17) is 11.6 Å². The Kier molecular flexibility index (Phi) is 10.9. The summed E-state index contributed by atoms with van der Waals surface area (Å²) in [5.41, 5.74) is 21.3. The fourth-order valence-corrected chi connectivity index (χ4v) is 11.6. The molecule has 0 spiro atoms. The summed E-state index contributed by atoms with van der Waals surface area (Å²) in [6.45, 7) is 9.08. The minimum Gasteiger partial charge on any atom is -0.308 e. The first-order valence-corrected chi connectivity index (χ1v) is 25.7. The van der Waals surface area contributed by atoms with Gasteiger partial charge in [0.2, 0.25) is 0 Å². The Bertz CT molecular complexity index is 4510. The van der Waals surface area contributed by atoms with Gasteiger partial charge in [-0.3, -0.25) is 0 Å². The van der Waals surface area contributed by atoms with E-state index in [1.165, 1.54) is 16.7 Å². The number of hydrogen-bond acceptors (Lipinski definition) is 1. The number of nitrogens with zero attached hydrogens (tertiary/aromatic N) is 4. The van der Waals surface area contributed by atoms with Crippen molar-refractivity contribution < 1.29 is 0 Å². The highest BCUT2D eigenvalue weighted by Gasteiger charge is 2.26. The number of benzene rings is 11. The van der Waals surface area contributed by atoms with Crippen molar-refractivity contribution in [2.45, 2.75) is 0 Å². The van der Waals surface area contributed by atoms with E-state index in [1.54, 1.807) is 0 Å². The molecule has 3 heterocycles. The molecule has 76 heavy (non-hydrogen) atoms. The molecule has 14 aromatic rings. The average molecular weight is 967 g/mol. The molecule has 0 fully saturated rings. The van der Waals surface area contributed by atoms with Crippen molar-refractivity contribution >= 4 is 49.3 Å². The van der Waals surface area contributed by atoms with E-state index in [-0.39, 0.29) is 0 Å². The molecule has 0 aliphatic heterocycles. The van der Waals surface area contributed by atoms with Gasteiger partial charge in [-0.1, -0.05) is 231 Å². The Morgan fingerprint density at radius 1 is 0.276 bits per heavy atom. The number of hydrogen-bond donors (Lipinski definition) is 0. The van der Waals surface area contributed by atoms with Crippen LogP contribution in [0.1, 0.15) is 0 Å². The third kappa shape index (κ3) is 7.41. The molecule has 4 heteroatoms. The highest BCUT2D eigenvalue weighted by atomic mass is 15.1. The summed E-state index contributed by atoms with van der Waals surface area (Å²) in [5.74, 6) is 0. The van der Waals surface area contributed by atoms with E-state index >= 15 is 0 Å². The predicted octanol–water partition coefficient (Wildman–Crippen LogP) is 19.5. The molecule has 0 bridgehead atoms. The summed E-state index contributed by atoms with van der Waals surface area (Å²) in [6, 6.07) is 99.1. The van der Waals surface area contributed by atoms with Crippen LogP contribution in [-0.4, -0.2) is 14.1 Å². The normalized spacial score (nSPS) is 11.4. The maximum absolute atomic E-state index is 9.08. The van der Waals surface area contributed by atoms with Crippen LogP contribution in [0.2, 0.25) is 0 Å². The van der Waals surface area contributed by atoms with Gasteiger partial charge in [-0.2, -0.15) is 0 Å². The first-order valence-electron chi connectivity index (χ1n) is 25.7. The van der Waals surface area contributed by atoms with Crippen LogP contribution in [0.5, 0.6) is 0 Å². The molecule has 0 unspecified atom stereocenters. The molecule has 4 nitrogen and oxygen atoms in total. The quantitative estimate of drug-likeness (QED) is 0.132. The minimum absolute atomic E-state index is 0.540. The minimum atomic E-state index is 0.540. The van der Waals surface area contributed by atoms with Crippen LogP contribution >= 0.6 is 0 Å². The largest absolute Gasteiger partial charge is 0.308 e. The third-order valence-corrected chi connectivity index (χ3v) is 15.0. The van der Waals surface area contributed by atoms with Gasteiger partial charge in [0, 0.05) is 32.7 Å². The molecule has 14 rings (SSSR count). The lowest BCUT2D eigenvalue weighted by Gasteiger charge is -2.20. The van der Waals surface area contributed by atoms with Crippen LogP contribution < -0.4 is 0 Å². The van der Waals surface area contributed by atoms with Crippen LogP contribution in [0, 0.1) is 6.57 Å². The molecule has 0 N–H and O–H groups in total. The number of pyridine rings is 1. The standard InChI is InChI=1S/C72H46N4/c1-73-64-47-70(76-66-41-21-19-37-60(66)72-58(39-23-43-68(72)76)56-35-17-15-33-54(56)49-26-8-3-9-27-49)69(46-61(64)52-44-62(50-28-10-4-11-29-50)74-63(45-52)51-30-12-5-13-31-51)75-65-40-20-18-36-59(65)71-57(38-22-42-67(71)75)55-34-16-14-32-53(55)48-24-6-2-7-25-48/h2-47H. The van der Waals surface area contributed by atoms with Gasteiger partial charge in [0.25, 0.3) is 0 Å². The van der Waals surface area contributed by atoms with Gasteiger partial charge in [0.1, 0.15) is 0 Å². The number of aromatic nitrogens is 3. The Morgan fingerprint density at radius 2 is 0.632 bits per heavy atom.